The van der Waals surface area contributed by atoms with Crippen LogP contribution in [0.25, 0.3) is 0 Å². The molecule has 0 radical (unpaired) electrons. The third-order valence-corrected chi connectivity index (χ3v) is 6.08. The van der Waals surface area contributed by atoms with Gasteiger partial charge in [-0.2, -0.15) is 0 Å². The maximum Gasteiger partial charge on any atom is 0.215 e. The zero-order chi connectivity index (χ0) is 14.0. The summed E-state index contributed by atoms with van der Waals surface area (Å²) in [6.07, 6.45) is 3.26. The SMILES string of the molecule is CC(N(C)S(=O)(=O)CC1CCCCN1)C(C)(C)C. The fourth-order valence-corrected chi connectivity index (χ4v) is 4.05. The number of nitrogens with one attached hydrogen (secondary N) is 1. The Morgan fingerprint density at radius 2 is 1.94 bits per heavy atom. The van der Waals surface area contributed by atoms with Crippen LogP contribution in [0.4, 0.5) is 0 Å². The topological polar surface area (TPSA) is 49.4 Å². The van der Waals surface area contributed by atoms with E-state index in [1.54, 1.807) is 11.4 Å². The molecule has 1 rings (SSSR count). The number of nitrogens with zero attached hydrogens (tertiary/aromatic N) is 1. The predicted octanol–water partition coefficient (Wildman–Crippen LogP) is 1.82. The van der Waals surface area contributed by atoms with E-state index in [-0.39, 0.29) is 23.3 Å². The van der Waals surface area contributed by atoms with E-state index in [1.165, 1.54) is 0 Å². The quantitative estimate of drug-likeness (QED) is 0.852. The van der Waals surface area contributed by atoms with Gasteiger partial charge in [0.15, 0.2) is 0 Å². The molecule has 1 fully saturated rings. The van der Waals surface area contributed by atoms with E-state index in [1.807, 2.05) is 6.92 Å². The minimum Gasteiger partial charge on any atom is -0.313 e. The molecule has 4 nitrogen and oxygen atoms in total. The average molecular weight is 276 g/mol. The molecule has 0 spiro atoms. The average Bonchev–Trinajstić information content (AvgIpc) is 2.26. The molecule has 18 heavy (non-hydrogen) atoms. The highest BCUT2D eigenvalue weighted by atomic mass is 32.2. The molecular weight excluding hydrogens is 248 g/mol. The van der Waals surface area contributed by atoms with E-state index in [4.69, 9.17) is 0 Å². The first kappa shape index (κ1) is 15.9. The van der Waals surface area contributed by atoms with Crippen molar-refractivity contribution in [2.75, 3.05) is 19.3 Å². The summed E-state index contributed by atoms with van der Waals surface area (Å²) in [6.45, 7) is 9.14. The molecule has 5 heteroatoms. The summed E-state index contributed by atoms with van der Waals surface area (Å²) < 4.78 is 26.3. The molecule has 1 N–H and O–H groups in total. The van der Waals surface area contributed by atoms with Gasteiger partial charge in [0, 0.05) is 19.1 Å². The molecule has 0 aromatic heterocycles. The van der Waals surface area contributed by atoms with Crippen molar-refractivity contribution in [3.05, 3.63) is 0 Å². The molecule has 0 bridgehead atoms. The number of rotatable bonds is 4. The third kappa shape index (κ3) is 4.21. The summed E-state index contributed by atoms with van der Waals surface area (Å²) in [5.41, 5.74) is -0.0399. The largest absolute Gasteiger partial charge is 0.313 e. The van der Waals surface area contributed by atoms with Crippen LogP contribution < -0.4 is 5.32 Å². The van der Waals surface area contributed by atoms with Crippen LogP contribution in [0.15, 0.2) is 0 Å². The Hall–Kier alpha value is -0.130. The fraction of sp³-hybridized carbons (Fsp3) is 1.00. The fourth-order valence-electron chi connectivity index (χ4n) is 2.22. The molecule has 0 amide bonds. The maximum absolute atomic E-state index is 12.4. The molecule has 1 heterocycles. The molecular formula is C13H28N2O2S. The molecule has 2 atom stereocenters. The maximum atomic E-state index is 12.4. The minimum atomic E-state index is -3.17. The van der Waals surface area contributed by atoms with Gasteiger partial charge in [-0.25, -0.2) is 12.7 Å². The van der Waals surface area contributed by atoms with Crippen molar-refractivity contribution in [3.63, 3.8) is 0 Å². The van der Waals surface area contributed by atoms with Gasteiger partial charge in [-0.05, 0) is 31.7 Å². The van der Waals surface area contributed by atoms with Crippen LogP contribution in [0, 0.1) is 5.41 Å². The lowest BCUT2D eigenvalue weighted by Gasteiger charge is -2.35. The van der Waals surface area contributed by atoms with Gasteiger partial charge in [0.1, 0.15) is 0 Å². The van der Waals surface area contributed by atoms with Crippen molar-refractivity contribution in [1.29, 1.82) is 0 Å². The molecule has 108 valence electrons. The summed E-state index contributed by atoms with van der Waals surface area (Å²) in [7, 11) is -1.47. The molecule has 0 aromatic rings. The molecule has 1 saturated heterocycles. The second-order valence-electron chi connectivity index (χ2n) is 6.48. The molecule has 1 aliphatic rings. The van der Waals surface area contributed by atoms with Crippen molar-refractivity contribution in [2.45, 2.75) is 59.0 Å². The van der Waals surface area contributed by atoms with E-state index in [0.717, 1.165) is 25.8 Å². The van der Waals surface area contributed by atoms with Crippen molar-refractivity contribution >= 4 is 10.0 Å². The highest BCUT2D eigenvalue weighted by molar-refractivity contribution is 7.89. The first-order chi connectivity index (χ1) is 8.14. The summed E-state index contributed by atoms with van der Waals surface area (Å²) in [5.74, 6) is 0.226. The van der Waals surface area contributed by atoms with E-state index in [2.05, 4.69) is 26.1 Å². The van der Waals surface area contributed by atoms with Gasteiger partial charge < -0.3 is 5.32 Å². The van der Waals surface area contributed by atoms with E-state index < -0.39 is 10.0 Å². The predicted molar refractivity (Wildman–Crippen MR) is 76.1 cm³/mol. The molecule has 0 aromatic carbocycles. The van der Waals surface area contributed by atoms with Crippen LogP contribution in [0.1, 0.15) is 47.0 Å². The number of piperidine rings is 1. The minimum absolute atomic E-state index is 0.00564. The van der Waals surface area contributed by atoms with Crippen LogP contribution in [-0.4, -0.2) is 44.2 Å². The van der Waals surface area contributed by atoms with Gasteiger partial charge in [-0.1, -0.05) is 27.2 Å². The van der Waals surface area contributed by atoms with E-state index in [9.17, 15) is 8.42 Å². The summed E-state index contributed by atoms with van der Waals surface area (Å²) in [6, 6.07) is 0.129. The monoisotopic (exact) mass is 276 g/mol. The Balaban J connectivity index is 2.67. The number of sulfonamides is 1. The zero-order valence-corrected chi connectivity index (χ0v) is 13.2. The van der Waals surface area contributed by atoms with Gasteiger partial charge in [0.2, 0.25) is 10.0 Å². The Kier molecular flexibility index (Phi) is 5.21. The lowest BCUT2D eigenvalue weighted by Crippen LogP contribution is -2.48. The standard InChI is InChI=1S/C13H28N2O2S/c1-11(13(2,3)4)15(5)18(16,17)10-12-8-6-7-9-14-12/h11-12,14H,6-10H2,1-5H3. The van der Waals surface area contributed by atoms with Gasteiger partial charge in [0.25, 0.3) is 0 Å². The van der Waals surface area contributed by atoms with Crippen LogP contribution in [0.2, 0.25) is 0 Å². The Labute approximate surface area is 112 Å². The Bertz CT molecular complexity index is 354. The first-order valence-corrected chi connectivity index (χ1v) is 8.44. The second kappa shape index (κ2) is 5.88. The van der Waals surface area contributed by atoms with Gasteiger partial charge >= 0.3 is 0 Å². The van der Waals surface area contributed by atoms with Crippen LogP contribution in [0.5, 0.6) is 0 Å². The van der Waals surface area contributed by atoms with Crippen molar-refractivity contribution in [2.24, 2.45) is 5.41 Å². The highest BCUT2D eigenvalue weighted by Gasteiger charge is 2.33. The van der Waals surface area contributed by atoms with Crippen LogP contribution in [-0.2, 0) is 10.0 Å². The van der Waals surface area contributed by atoms with Crippen LogP contribution in [0.3, 0.4) is 0 Å². The summed E-state index contributed by atoms with van der Waals surface area (Å²) in [4.78, 5) is 0. The van der Waals surface area contributed by atoms with Gasteiger partial charge in [-0.15, -0.1) is 0 Å². The third-order valence-electron chi connectivity index (χ3n) is 4.06. The van der Waals surface area contributed by atoms with E-state index >= 15 is 0 Å². The van der Waals surface area contributed by atoms with Crippen molar-refractivity contribution in [3.8, 4) is 0 Å². The number of hydrogen-bond donors (Lipinski definition) is 1. The zero-order valence-electron chi connectivity index (χ0n) is 12.4. The Morgan fingerprint density at radius 3 is 2.39 bits per heavy atom. The molecule has 1 aliphatic heterocycles. The lowest BCUT2D eigenvalue weighted by atomic mass is 9.88. The smallest absolute Gasteiger partial charge is 0.215 e. The summed E-state index contributed by atoms with van der Waals surface area (Å²) in [5, 5.41) is 3.30. The molecule has 2 unspecified atom stereocenters. The molecule has 0 saturated carbocycles. The Morgan fingerprint density at radius 1 is 1.33 bits per heavy atom. The highest BCUT2D eigenvalue weighted by Crippen LogP contribution is 2.25. The van der Waals surface area contributed by atoms with Crippen molar-refractivity contribution in [1.82, 2.24) is 9.62 Å². The van der Waals surface area contributed by atoms with Gasteiger partial charge in [0.05, 0.1) is 5.75 Å². The second-order valence-corrected chi connectivity index (χ2v) is 8.56. The normalized spacial score (nSPS) is 24.2. The number of hydrogen-bond acceptors (Lipinski definition) is 3. The van der Waals surface area contributed by atoms with Gasteiger partial charge in [-0.3, -0.25) is 0 Å². The molecule has 0 aliphatic carbocycles. The summed E-state index contributed by atoms with van der Waals surface area (Å²) >= 11 is 0. The first-order valence-electron chi connectivity index (χ1n) is 6.83. The lowest BCUT2D eigenvalue weighted by molar-refractivity contribution is 0.215. The van der Waals surface area contributed by atoms with Crippen LogP contribution >= 0.6 is 0 Å². The van der Waals surface area contributed by atoms with E-state index in [0.29, 0.717) is 0 Å². The van der Waals surface area contributed by atoms with Crippen molar-refractivity contribution < 1.29 is 8.42 Å².